The van der Waals surface area contributed by atoms with Gasteiger partial charge in [0.15, 0.2) is 0 Å². The van der Waals surface area contributed by atoms with E-state index in [-0.39, 0.29) is 5.91 Å². The summed E-state index contributed by atoms with van der Waals surface area (Å²) in [5.41, 5.74) is 8.14. The van der Waals surface area contributed by atoms with Gasteiger partial charge in [-0.25, -0.2) is 4.98 Å². The van der Waals surface area contributed by atoms with E-state index in [2.05, 4.69) is 10.1 Å². The Hall–Kier alpha value is -2.37. The molecule has 6 heteroatoms. The van der Waals surface area contributed by atoms with Gasteiger partial charge in [-0.2, -0.15) is 5.10 Å². The molecule has 0 fully saturated rings. The number of aryl methyl sites for hydroxylation is 1. The first kappa shape index (κ1) is 11.7. The summed E-state index contributed by atoms with van der Waals surface area (Å²) in [5.74, 6) is 0.789. The van der Waals surface area contributed by atoms with Gasteiger partial charge in [-0.15, -0.1) is 0 Å². The molecule has 1 amide bonds. The molecule has 0 spiro atoms. The third kappa shape index (κ3) is 2.05. The molecule has 1 aromatic heterocycles. The molecule has 0 atom stereocenters. The van der Waals surface area contributed by atoms with E-state index in [0.29, 0.717) is 24.3 Å². The summed E-state index contributed by atoms with van der Waals surface area (Å²) in [6.45, 7) is 1.17. The van der Waals surface area contributed by atoms with Gasteiger partial charge in [0.1, 0.15) is 12.2 Å². The van der Waals surface area contributed by atoms with Crippen molar-refractivity contribution in [2.24, 2.45) is 7.05 Å². The van der Waals surface area contributed by atoms with Crippen molar-refractivity contribution in [1.82, 2.24) is 19.7 Å². The molecule has 0 aliphatic carbocycles. The summed E-state index contributed by atoms with van der Waals surface area (Å²) in [7, 11) is 1.82. The zero-order chi connectivity index (χ0) is 13.4. The fourth-order valence-electron chi connectivity index (χ4n) is 2.32. The van der Waals surface area contributed by atoms with Crippen molar-refractivity contribution in [1.29, 1.82) is 0 Å². The first-order valence-electron chi connectivity index (χ1n) is 6.15. The number of nitrogens with two attached hydrogens (primary N) is 1. The number of carbonyl (C=O) groups is 1. The van der Waals surface area contributed by atoms with E-state index in [4.69, 9.17) is 5.73 Å². The van der Waals surface area contributed by atoms with Gasteiger partial charge in [0.25, 0.3) is 5.91 Å². The van der Waals surface area contributed by atoms with Crippen molar-refractivity contribution in [2.45, 2.75) is 13.0 Å². The summed E-state index contributed by atoms with van der Waals surface area (Å²) in [6, 6.07) is 5.52. The second-order valence-corrected chi connectivity index (χ2v) is 4.69. The average molecular weight is 257 g/mol. The lowest BCUT2D eigenvalue weighted by atomic mass is 9.98. The van der Waals surface area contributed by atoms with Crippen molar-refractivity contribution >= 4 is 11.6 Å². The maximum atomic E-state index is 12.4. The van der Waals surface area contributed by atoms with Gasteiger partial charge in [0.05, 0.1) is 6.54 Å². The first-order valence-corrected chi connectivity index (χ1v) is 6.15. The zero-order valence-corrected chi connectivity index (χ0v) is 10.7. The van der Waals surface area contributed by atoms with Crippen LogP contribution in [0.1, 0.15) is 21.7 Å². The van der Waals surface area contributed by atoms with Crippen LogP contribution >= 0.6 is 0 Å². The number of hydrogen-bond donors (Lipinski definition) is 1. The van der Waals surface area contributed by atoms with Crippen molar-refractivity contribution < 1.29 is 4.79 Å². The maximum absolute atomic E-state index is 12.4. The summed E-state index contributed by atoms with van der Waals surface area (Å²) in [6.07, 6.45) is 2.34. The third-order valence-electron chi connectivity index (χ3n) is 3.44. The number of benzene rings is 1. The van der Waals surface area contributed by atoms with Crippen molar-refractivity contribution in [2.75, 3.05) is 12.3 Å². The Morgan fingerprint density at radius 2 is 2.26 bits per heavy atom. The Kier molecular flexibility index (Phi) is 2.70. The Morgan fingerprint density at radius 3 is 3.00 bits per heavy atom. The number of carbonyl (C=O) groups excluding carboxylic acids is 1. The Bertz CT molecular complexity index is 634. The third-order valence-corrected chi connectivity index (χ3v) is 3.44. The van der Waals surface area contributed by atoms with Crippen LogP contribution in [0, 0.1) is 0 Å². The van der Waals surface area contributed by atoms with Gasteiger partial charge in [0.2, 0.25) is 0 Å². The normalized spacial score (nSPS) is 14.6. The average Bonchev–Trinajstić information content (AvgIpc) is 2.79. The number of nitrogens with zero attached hydrogens (tertiary/aromatic N) is 4. The summed E-state index contributed by atoms with van der Waals surface area (Å²) in [5, 5.41) is 4.01. The molecule has 1 aliphatic rings. The van der Waals surface area contributed by atoms with Gasteiger partial charge in [-0.3, -0.25) is 9.48 Å². The van der Waals surface area contributed by atoms with Crippen LogP contribution < -0.4 is 5.73 Å². The predicted octanol–water partition coefficient (Wildman–Crippen LogP) is 0.596. The number of anilines is 1. The van der Waals surface area contributed by atoms with E-state index in [9.17, 15) is 4.79 Å². The molecule has 3 rings (SSSR count). The van der Waals surface area contributed by atoms with Gasteiger partial charge in [0, 0.05) is 24.8 Å². The SMILES string of the molecule is Cn1ncnc1CN1CCc2ccc(N)cc2C1=O. The number of amides is 1. The summed E-state index contributed by atoms with van der Waals surface area (Å²) in [4.78, 5) is 18.4. The Labute approximate surface area is 110 Å². The van der Waals surface area contributed by atoms with Crippen LogP contribution in [0.3, 0.4) is 0 Å². The highest BCUT2D eigenvalue weighted by molar-refractivity contribution is 5.97. The van der Waals surface area contributed by atoms with Crippen molar-refractivity contribution in [3.63, 3.8) is 0 Å². The smallest absolute Gasteiger partial charge is 0.254 e. The maximum Gasteiger partial charge on any atom is 0.254 e. The standard InChI is InChI=1S/C13H15N5O/c1-17-12(15-8-16-17)7-18-5-4-9-2-3-10(14)6-11(9)13(18)19/h2-3,6,8H,4-5,7,14H2,1H3. The van der Waals surface area contributed by atoms with Gasteiger partial charge < -0.3 is 10.6 Å². The van der Waals surface area contributed by atoms with Gasteiger partial charge in [-0.05, 0) is 24.1 Å². The summed E-state index contributed by atoms with van der Waals surface area (Å²) < 4.78 is 1.68. The molecule has 1 aromatic carbocycles. The topological polar surface area (TPSA) is 77.0 Å². The van der Waals surface area contributed by atoms with E-state index in [1.165, 1.54) is 6.33 Å². The minimum absolute atomic E-state index is 0.0107. The molecule has 2 heterocycles. The molecule has 2 N–H and O–H groups in total. The van der Waals surface area contributed by atoms with E-state index in [1.54, 1.807) is 15.6 Å². The largest absolute Gasteiger partial charge is 0.399 e. The lowest BCUT2D eigenvalue weighted by Crippen LogP contribution is -2.37. The molecule has 19 heavy (non-hydrogen) atoms. The quantitative estimate of drug-likeness (QED) is 0.799. The van der Waals surface area contributed by atoms with E-state index in [0.717, 1.165) is 17.8 Å². The molecule has 0 unspecified atom stereocenters. The highest BCUT2D eigenvalue weighted by Crippen LogP contribution is 2.22. The fourth-order valence-corrected chi connectivity index (χ4v) is 2.32. The number of hydrogen-bond acceptors (Lipinski definition) is 4. The van der Waals surface area contributed by atoms with Crippen LogP contribution in [-0.4, -0.2) is 32.1 Å². The number of aromatic nitrogens is 3. The van der Waals surface area contributed by atoms with Crippen LogP contribution in [0.15, 0.2) is 24.5 Å². The van der Waals surface area contributed by atoms with Gasteiger partial charge >= 0.3 is 0 Å². The molecule has 1 aliphatic heterocycles. The Morgan fingerprint density at radius 1 is 1.42 bits per heavy atom. The fraction of sp³-hybridized carbons (Fsp3) is 0.308. The van der Waals surface area contributed by atoms with Crippen LogP contribution in [0.2, 0.25) is 0 Å². The minimum atomic E-state index is 0.0107. The molecule has 6 nitrogen and oxygen atoms in total. The molecule has 0 saturated heterocycles. The molecular formula is C13H15N5O. The van der Waals surface area contributed by atoms with Crippen LogP contribution in [0.5, 0.6) is 0 Å². The summed E-state index contributed by atoms with van der Waals surface area (Å²) >= 11 is 0. The molecular weight excluding hydrogens is 242 g/mol. The number of rotatable bonds is 2. The van der Waals surface area contributed by atoms with Crippen molar-refractivity contribution in [3.05, 3.63) is 41.5 Å². The zero-order valence-electron chi connectivity index (χ0n) is 10.7. The minimum Gasteiger partial charge on any atom is -0.399 e. The van der Waals surface area contributed by atoms with Crippen LogP contribution in [-0.2, 0) is 20.0 Å². The molecule has 0 saturated carbocycles. The lowest BCUT2D eigenvalue weighted by Gasteiger charge is -2.28. The second-order valence-electron chi connectivity index (χ2n) is 4.69. The molecule has 98 valence electrons. The van der Waals surface area contributed by atoms with Crippen LogP contribution in [0.25, 0.3) is 0 Å². The lowest BCUT2D eigenvalue weighted by molar-refractivity contribution is 0.0721. The number of fused-ring (bicyclic) bond motifs is 1. The van der Waals surface area contributed by atoms with Crippen LogP contribution in [0.4, 0.5) is 5.69 Å². The van der Waals surface area contributed by atoms with E-state index in [1.807, 2.05) is 19.2 Å². The van der Waals surface area contributed by atoms with Gasteiger partial charge in [-0.1, -0.05) is 6.07 Å². The van der Waals surface area contributed by atoms with Crippen molar-refractivity contribution in [3.8, 4) is 0 Å². The van der Waals surface area contributed by atoms with E-state index >= 15 is 0 Å². The molecule has 0 radical (unpaired) electrons. The predicted molar refractivity (Wildman–Crippen MR) is 70.3 cm³/mol. The monoisotopic (exact) mass is 257 g/mol. The van der Waals surface area contributed by atoms with E-state index < -0.39 is 0 Å². The second kappa shape index (κ2) is 4.38. The first-order chi connectivity index (χ1) is 9.15. The highest BCUT2D eigenvalue weighted by Gasteiger charge is 2.25. The Balaban J connectivity index is 1.87. The number of nitrogen functional groups attached to an aromatic ring is 1. The highest BCUT2D eigenvalue weighted by atomic mass is 16.2. The molecule has 2 aromatic rings. The molecule has 0 bridgehead atoms.